The fraction of sp³-hybridized carbons (Fsp3) is 0.538. The molecule has 0 bridgehead atoms. The van der Waals surface area contributed by atoms with Crippen LogP contribution in [0.15, 0.2) is 18.2 Å². The first-order valence-corrected chi connectivity index (χ1v) is 6.64. The Kier molecular flexibility index (Phi) is 5.20. The Morgan fingerprint density at radius 2 is 1.80 bits per heavy atom. The fourth-order valence-corrected chi connectivity index (χ4v) is 2.70. The van der Waals surface area contributed by atoms with Crippen molar-refractivity contribution >= 4 is 11.8 Å². The van der Waals surface area contributed by atoms with Gasteiger partial charge in [0.05, 0.1) is 0 Å². The van der Waals surface area contributed by atoms with Crippen molar-refractivity contribution in [2.75, 3.05) is 5.75 Å². The molecular weight excluding hydrogens is 202 g/mol. The Morgan fingerprint density at radius 3 is 2.33 bits per heavy atom. The maximum atomic E-state index is 5.71. The number of benzene rings is 1. The van der Waals surface area contributed by atoms with Crippen molar-refractivity contribution < 1.29 is 0 Å². The van der Waals surface area contributed by atoms with Crippen LogP contribution >= 0.6 is 11.8 Å². The monoisotopic (exact) mass is 223 g/mol. The summed E-state index contributed by atoms with van der Waals surface area (Å²) in [6.45, 7) is 6.38. The van der Waals surface area contributed by atoms with Crippen LogP contribution in [0.1, 0.15) is 30.0 Å². The summed E-state index contributed by atoms with van der Waals surface area (Å²) >= 11 is 1.97. The van der Waals surface area contributed by atoms with Crippen molar-refractivity contribution in [3.05, 3.63) is 34.9 Å². The average Bonchev–Trinajstić information content (AvgIpc) is 2.10. The molecule has 0 radical (unpaired) electrons. The molecule has 0 spiro atoms. The third kappa shape index (κ3) is 5.24. The van der Waals surface area contributed by atoms with Gasteiger partial charge < -0.3 is 5.73 Å². The second-order valence-electron chi connectivity index (χ2n) is 4.31. The van der Waals surface area contributed by atoms with Crippen molar-refractivity contribution in [3.8, 4) is 0 Å². The highest BCUT2D eigenvalue weighted by atomic mass is 32.2. The first-order chi connectivity index (χ1) is 7.08. The fourth-order valence-electron chi connectivity index (χ4n) is 1.61. The minimum atomic E-state index is 0.330. The van der Waals surface area contributed by atoms with Crippen molar-refractivity contribution in [2.24, 2.45) is 5.73 Å². The van der Waals surface area contributed by atoms with Gasteiger partial charge in [-0.1, -0.05) is 29.3 Å². The molecule has 1 rings (SSSR count). The van der Waals surface area contributed by atoms with Gasteiger partial charge in [0.1, 0.15) is 0 Å². The van der Waals surface area contributed by atoms with Crippen LogP contribution in [0, 0.1) is 13.8 Å². The highest BCUT2D eigenvalue weighted by Gasteiger charge is 1.98. The Bertz CT molecular complexity index is 287. The lowest BCUT2D eigenvalue weighted by Crippen LogP contribution is -2.15. The second-order valence-corrected chi connectivity index (χ2v) is 5.42. The molecule has 2 N–H and O–H groups in total. The Hall–Kier alpha value is -0.470. The maximum absolute atomic E-state index is 5.71. The van der Waals surface area contributed by atoms with Gasteiger partial charge in [0, 0.05) is 11.8 Å². The third-order valence-electron chi connectivity index (χ3n) is 2.27. The molecule has 84 valence electrons. The van der Waals surface area contributed by atoms with E-state index < -0.39 is 0 Å². The molecule has 2 heteroatoms. The quantitative estimate of drug-likeness (QED) is 0.775. The van der Waals surface area contributed by atoms with Gasteiger partial charge in [-0.25, -0.2) is 0 Å². The summed E-state index contributed by atoms with van der Waals surface area (Å²) in [4.78, 5) is 0. The van der Waals surface area contributed by atoms with E-state index >= 15 is 0 Å². The molecule has 0 aliphatic heterocycles. The van der Waals surface area contributed by atoms with E-state index in [1.54, 1.807) is 0 Å². The molecule has 1 unspecified atom stereocenters. The lowest BCUT2D eigenvalue weighted by Gasteiger charge is -2.06. The van der Waals surface area contributed by atoms with E-state index in [4.69, 9.17) is 5.73 Å². The van der Waals surface area contributed by atoms with Gasteiger partial charge in [-0.15, -0.1) is 0 Å². The summed E-state index contributed by atoms with van der Waals surface area (Å²) in [5, 5.41) is 0. The van der Waals surface area contributed by atoms with Crippen LogP contribution < -0.4 is 5.73 Å². The van der Waals surface area contributed by atoms with Crippen LogP contribution in [0.3, 0.4) is 0 Å². The summed E-state index contributed by atoms with van der Waals surface area (Å²) in [7, 11) is 0. The summed E-state index contributed by atoms with van der Waals surface area (Å²) in [5.74, 6) is 2.26. The second kappa shape index (κ2) is 6.19. The Balaban J connectivity index is 2.37. The van der Waals surface area contributed by atoms with Crippen molar-refractivity contribution in [1.82, 2.24) is 0 Å². The molecule has 1 aromatic carbocycles. The lowest BCUT2D eigenvalue weighted by molar-refractivity contribution is 0.721. The first-order valence-electron chi connectivity index (χ1n) is 5.48. The van der Waals surface area contributed by atoms with Gasteiger partial charge in [0.2, 0.25) is 0 Å². The highest BCUT2D eigenvalue weighted by Crippen LogP contribution is 2.16. The molecule has 0 aliphatic carbocycles. The molecule has 0 saturated heterocycles. The smallest absolute Gasteiger partial charge is 0.0184 e. The van der Waals surface area contributed by atoms with Crippen molar-refractivity contribution in [2.45, 2.75) is 39.0 Å². The number of thioether (sulfide) groups is 1. The van der Waals surface area contributed by atoms with E-state index in [2.05, 4.69) is 39.0 Å². The summed E-state index contributed by atoms with van der Waals surface area (Å²) in [6, 6.07) is 7.09. The minimum Gasteiger partial charge on any atom is -0.328 e. The van der Waals surface area contributed by atoms with Gasteiger partial charge in [-0.05, 0) is 38.5 Å². The van der Waals surface area contributed by atoms with Crippen LogP contribution in [-0.2, 0) is 5.75 Å². The molecule has 0 aromatic heterocycles. The van der Waals surface area contributed by atoms with Crippen LogP contribution in [-0.4, -0.2) is 11.8 Å². The highest BCUT2D eigenvalue weighted by molar-refractivity contribution is 7.98. The largest absolute Gasteiger partial charge is 0.328 e. The molecule has 1 atom stereocenters. The molecule has 1 nitrogen and oxygen atoms in total. The predicted molar refractivity (Wildman–Crippen MR) is 70.3 cm³/mol. The maximum Gasteiger partial charge on any atom is 0.0184 e. The summed E-state index contributed by atoms with van der Waals surface area (Å²) < 4.78 is 0. The standard InChI is InChI=1S/C13H21NS/c1-10-6-11(2)8-13(7-10)9-15-5-4-12(3)14/h6-8,12H,4-5,9,14H2,1-3H3. The summed E-state index contributed by atoms with van der Waals surface area (Å²) in [5.41, 5.74) is 9.86. The zero-order chi connectivity index (χ0) is 11.3. The molecule has 0 heterocycles. The topological polar surface area (TPSA) is 26.0 Å². The molecule has 0 amide bonds. The zero-order valence-electron chi connectivity index (χ0n) is 9.92. The van der Waals surface area contributed by atoms with Gasteiger partial charge in [-0.3, -0.25) is 0 Å². The van der Waals surface area contributed by atoms with E-state index in [0.717, 1.165) is 17.9 Å². The Morgan fingerprint density at radius 1 is 1.20 bits per heavy atom. The third-order valence-corrected chi connectivity index (χ3v) is 3.33. The van der Waals surface area contributed by atoms with E-state index in [0.29, 0.717) is 6.04 Å². The predicted octanol–water partition coefficient (Wildman–Crippen LogP) is 3.27. The molecule has 1 aromatic rings. The molecule has 0 saturated carbocycles. The van der Waals surface area contributed by atoms with E-state index in [9.17, 15) is 0 Å². The number of nitrogens with two attached hydrogens (primary N) is 1. The summed E-state index contributed by atoms with van der Waals surface area (Å²) in [6.07, 6.45) is 1.11. The number of rotatable bonds is 5. The van der Waals surface area contributed by atoms with E-state index in [1.165, 1.54) is 16.7 Å². The van der Waals surface area contributed by atoms with Crippen LogP contribution in [0.4, 0.5) is 0 Å². The molecule has 0 fully saturated rings. The van der Waals surface area contributed by atoms with Gasteiger partial charge in [0.25, 0.3) is 0 Å². The average molecular weight is 223 g/mol. The number of hydrogen-bond donors (Lipinski definition) is 1. The zero-order valence-corrected chi connectivity index (χ0v) is 10.7. The minimum absolute atomic E-state index is 0.330. The van der Waals surface area contributed by atoms with Gasteiger partial charge >= 0.3 is 0 Å². The Labute approximate surface area is 97.4 Å². The van der Waals surface area contributed by atoms with Crippen molar-refractivity contribution in [1.29, 1.82) is 0 Å². The lowest BCUT2D eigenvalue weighted by atomic mass is 10.1. The molecule has 0 aliphatic rings. The van der Waals surface area contributed by atoms with Gasteiger partial charge in [0.15, 0.2) is 0 Å². The van der Waals surface area contributed by atoms with E-state index in [1.807, 2.05) is 11.8 Å². The van der Waals surface area contributed by atoms with Gasteiger partial charge in [-0.2, -0.15) is 11.8 Å². The molecule has 15 heavy (non-hydrogen) atoms. The molecular formula is C13H21NS. The normalized spacial score (nSPS) is 12.8. The van der Waals surface area contributed by atoms with Crippen LogP contribution in [0.2, 0.25) is 0 Å². The van der Waals surface area contributed by atoms with Crippen molar-refractivity contribution in [3.63, 3.8) is 0 Å². The van der Waals surface area contributed by atoms with E-state index in [-0.39, 0.29) is 0 Å². The van der Waals surface area contributed by atoms with Crippen LogP contribution in [0.25, 0.3) is 0 Å². The number of aryl methyl sites for hydroxylation is 2. The first kappa shape index (κ1) is 12.6. The SMILES string of the molecule is Cc1cc(C)cc(CSCCC(C)N)c1. The number of hydrogen-bond acceptors (Lipinski definition) is 2. The van der Waals surface area contributed by atoms with Crippen LogP contribution in [0.5, 0.6) is 0 Å².